The van der Waals surface area contributed by atoms with Crippen LogP contribution in [0.5, 0.6) is 0 Å². The summed E-state index contributed by atoms with van der Waals surface area (Å²) in [5.74, 6) is 0. The first-order chi connectivity index (χ1) is 35.5. The molecule has 0 N–H and O–H groups in total. The minimum absolute atomic E-state index is 0.486. The van der Waals surface area contributed by atoms with Gasteiger partial charge in [0.25, 0.3) is 0 Å². The molecule has 7 nitrogen and oxygen atoms in total. The van der Waals surface area contributed by atoms with Crippen LogP contribution in [0.3, 0.4) is 0 Å². The normalized spacial score (nSPS) is 18.1. The quantitative estimate of drug-likeness (QED) is 0.121. The summed E-state index contributed by atoms with van der Waals surface area (Å²) < 4.78 is 0. The van der Waals surface area contributed by atoms with Crippen LogP contribution in [0.25, 0.3) is 47.9 Å². The van der Waals surface area contributed by atoms with Gasteiger partial charge in [0, 0.05) is 49.9 Å². The van der Waals surface area contributed by atoms with Crippen molar-refractivity contribution in [3.05, 3.63) is 233 Å². The zero-order valence-corrected chi connectivity index (χ0v) is 43.2. The van der Waals surface area contributed by atoms with Gasteiger partial charge in [-0.05, 0) is 122 Å². The molecular formula is C60H30N7P3S3. The van der Waals surface area contributed by atoms with Gasteiger partial charge < -0.3 is 4.90 Å². The summed E-state index contributed by atoms with van der Waals surface area (Å²) in [6.45, 7) is 23.6. The maximum Gasteiger partial charge on any atom is 0.187 e. The van der Waals surface area contributed by atoms with Gasteiger partial charge in [-0.2, -0.15) is 15.8 Å². The molecule has 13 heteroatoms. The van der Waals surface area contributed by atoms with Crippen LogP contribution in [0.15, 0.2) is 182 Å². The van der Waals surface area contributed by atoms with Gasteiger partial charge in [-0.25, -0.2) is 14.5 Å². The van der Waals surface area contributed by atoms with Gasteiger partial charge in [0.15, 0.2) is 17.1 Å². The van der Waals surface area contributed by atoms with Crippen molar-refractivity contribution >= 4 is 135 Å². The molecule has 3 heterocycles. The predicted octanol–water partition coefficient (Wildman–Crippen LogP) is 11.6. The van der Waals surface area contributed by atoms with Crippen LogP contribution in [-0.2, 0) is 35.4 Å². The lowest BCUT2D eigenvalue weighted by Crippen LogP contribution is -2.52. The van der Waals surface area contributed by atoms with Crippen molar-refractivity contribution in [1.29, 1.82) is 15.8 Å². The Morgan fingerprint density at radius 2 is 0.548 bits per heavy atom. The number of anilines is 3. The van der Waals surface area contributed by atoms with Gasteiger partial charge in [0.05, 0.1) is 71.7 Å². The third-order valence-corrected chi connectivity index (χ3v) is 28.6. The van der Waals surface area contributed by atoms with Crippen LogP contribution >= 0.6 is 18.1 Å². The summed E-state index contributed by atoms with van der Waals surface area (Å²) in [6, 6.07) is 56.1. The van der Waals surface area contributed by atoms with E-state index in [0.29, 0.717) is 33.8 Å². The zero-order chi connectivity index (χ0) is 50.4. The summed E-state index contributed by atoms with van der Waals surface area (Å²) in [4.78, 5) is 13.6. The van der Waals surface area contributed by atoms with Gasteiger partial charge in [-0.15, -0.1) is 0 Å². The molecule has 12 rings (SSSR count). The van der Waals surface area contributed by atoms with E-state index in [4.69, 9.17) is 55.1 Å². The van der Waals surface area contributed by atoms with Gasteiger partial charge >= 0.3 is 0 Å². The first kappa shape index (κ1) is 45.8. The highest BCUT2D eigenvalue weighted by Crippen LogP contribution is 2.66. The molecule has 0 saturated heterocycles. The number of benzene rings is 9. The van der Waals surface area contributed by atoms with E-state index >= 15 is 0 Å². The Balaban J connectivity index is 1.32. The smallest absolute Gasteiger partial charge is 0.187 e. The highest BCUT2D eigenvalue weighted by molar-refractivity contribution is 8.28. The molecule has 0 aliphatic carbocycles. The van der Waals surface area contributed by atoms with Crippen molar-refractivity contribution in [3.63, 3.8) is 0 Å². The largest absolute Gasteiger partial charge is 0.306 e. The lowest BCUT2D eigenvalue weighted by molar-refractivity contribution is 1.33. The van der Waals surface area contributed by atoms with E-state index in [0.717, 1.165) is 98.2 Å². The van der Waals surface area contributed by atoms with Gasteiger partial charge in [0.2, 0.25) is 0 Å². The van der Waals surface area contributed by atoms with Crippen molar-refractivity contribution in [2.75, 3.05) is 4.90 Å². The molecule has 0 fully saturated rings. The van der Waals surface area contributed by atoms with Crippen molar-refractivity contribution in [2.24, 2.45) is 0 Å². The number of hydrogen-bond acceptors (Lipinski definition) is 7. The van der Waals surface area contributed by atoms with E-state index < -0.39 is 18.1 Å². The number of nitrogens with zero attached hydrogens (tertiary/aromatic N) is 7. The van der Waals surface area contributed by atoms with Crippen LogP contribution in [0.2, 0.25) is 0 Å². The van der Waals surface area contributed by atoms with Crippen LogP contribution in [0.4, 0.5) is 34.1 Å². The average molecular weight is 1040 g/mol. The molecule has 0 radical (unpaired) electrons. The SMILES string of the molecule is [C-]#[N+]c1ccc(-c2cc3c4c(c2)P(=S)(c2ccc([N+]#[C-])cc2)c2cc(-c5ccc(C#N)cc5)cc5c2N4c2c(cc(-c4ccc(C#N)cc4)cc2P3(=S)c2ccc([N+]#[C-])cc2)P5(=S)c2ccc(C#N)cc2)cc1. The number of nitriles is 3. The predicted molar refractivity (Wildman–Crippen MR) is 309 cm³/mol. The highest BCUT2D eigenvalue weighted by atomic mass is 32.4. The molecule has 73 heavy (non-hydrogen) atoms. The van der Waals surface area contributed by atoms with Gasteiger partial charge in [0.1, 0.15) is 0 Å². The second-order valence-corrected chi connectivity index (χ2v) is 30.7. The first-order valence-electron chi connectivity index (χ1n) is 22.6. The molecule has 0 amide bonds. The molecule has 3 aliphatic heterocycles. The Hall–Kier alpha value is -8.33. The Labute approximate surface area is 437 Å². The van der Waals surface area contributed by atoms with E-state index in [1.165, 1.54) is 0 Å². The molecule has 0 saturated carbocycles. The van der Waals surface area contributed by atoms with Crippen LogP contribution in [0, 0.1) is 53.7 Å². The van der Waals surface area contributed by atoms with Crippen LogP contribution < -0.4 is 52.6 Å². The third-order valence-electron chi connectivity index (χ3n) is 14.0. The molecule has 9 aromatic carbocycles. The first-order valence-corrected chi connectivity index (χ1v) is 31.0. The molecule has 0 spiro atoms. The van der Waals surface area contributed by atoms with Crippen molar-refractivity contribution in [2.45, 2.75) is 0 Å². The summed E-state index contributed by atoms with van der Waals surface area (Å²) >= 11 is 22.5. The molecule has 338 valence electrons. The Kier molecular flexibility index (Phi) is 10.8. The van der Waals surface area contributed by atoms with Crippen molar-refractivity contribution in [3.8, 4) is 51.6 Å². The molecule has 9 aromatic rings. The standard InChI is InChI=1S/C60H30N7P3S3/c1-64-46-16-14-42(15-17-46)45-32-56-60-57(33-45)70(73,51-26-20-48(66-3)21-27-51)55-31-44(41-12-6-38(35-62)7-13-41)29-53-59(55)67(60)58-52(68(53,71)49-22-8-39(36-63)9-23-49)28-43(40-10-4-37(34-61)5-11-40)30-54(58)69(56,72)50-24-18-47(65-2)19-25-50/h4-33H. The topological polar surface area (TPSA) is 87.7 Å². The lowest BCUT2D eigenvalue weighted by atomic mass is 10.0. The minimum atomic E-state index is -3.22. The monoisotopic (exact) mass is 1040 g/mol. The van der Waals surface area contributed by atoms with E-state index in [-0.39, 0.29) is 0 Å². The van der Waals surface area contributed by atoms with E-state index in [1.807, 2.05) is 146 Å². The van der Waals surface area contributed by atoms with Gasteiger partial charge in [-0.1, -0.05) is 145 Å². The molecule has 2 unspecified atom stereocenters. The van der Waals surface area contributed by atoms with Crippen LogP contribution in [0.1, 0.15) is 16.7 Å². The summed E-state index contributed by atoms with van der Waals surface area (Å²) in [5.41, 5.74) is 11.0. The summed E-state index contributed by atoms with van der Waals surface area (Å²) in [6.07, 6.45) is 0. The molecule has 0 aromatic heterocycles. The maximum atomic E-state index is 10.1. The molecule has 2 atom stereocenters. The van der Waals surface area contributed by atoms with Crippen molar-refractivity contribution in [1.82, 2.24) is 0 Å². The zero-order valence-electron chi connectivity index (χ0n) is 38.0. The highest BCUT2D eigenvalue weighted by Gasteiger charge is 2.53. The second kappa shape index (κ2) is 17.2. The summed E-state index contributed by atoms with van der Waals surface area (Å²) in [5, 5.41) is 38.0. The summed E-state index contributed by atoms with van der Waals surface area (Å²) in [7, 11) is 0. The van der Waals surface area contributed by atoms with Crippen LogP contribution in [-0.4, -0.2) is 0 Å². The molecule has 0 bridgehead atoms. The third kappa shape index (κ3) is 6.73. The Morgan fingerprint density at radius 1 is 0.329 bits per heavy atom. The fraction of sp³-hybridized carbons (Fsp3) is 0. The Morgan fingerprint density at radius 3 is 0.795 bits per heavy atom. The lowest BCUT2D eigenvalue weighted by Gasteiger charge is -2.52. The second-order valence-electron chi connectivity index (χ2n) is 17.7. The number of rotatable bonds is 6. The molecule has 3 aliphatic rings. The van der Waals surface area contributed by atoms with E-state index in [9.17, 15) is 15.8 Å². The Bertz CT molecular complexity index is 3800. The fourth-order valence-electron chi connectivity index (χ4n) is 10.4. The van der Waals surface area contributed by atoms with Gasteiger partial charge in [-0.3, -0.25) is 0 Å². The fourth-order valence-corrected chi connectivity index (χ4v) is 23.5. The van der Waals surface area contributed by atoms with Crippen molar-refractivity contribution < 1.29 is 0 Å². The maximum absolute atomic E-state index is 10.1. The minimum Gasteiger partial charge on any atom is -0.306 e. The average Bonchev–Trinajstić information content (AvgIpc) is 3.47. The van der Waals surface area contributed by atoms with E-state index in [2.05, 4.69) is 74.0 Å². The molecular weight excluding hydrogens is 1010 g/mol. The van der Waals surface area contributed by atoms with E-state index in [1.54, 1.807) is 0 Å². The number of hydrogen-bond donors (Lipinski definition) is 0.